The van der Waals surface area contributed by atoms with Crippen molar-refractivity contribution in [3.05, 3.63) is 0 Å². The van der Waals surface area contributed by atoms with Crippen molar-refractivity contribution < 1.29 is 4.79 Å². The molecular weight excluding hydrogens is 238 g/mol. The van der Waals surface area contributed by atoms with E-state index in [9.17, 15) is 4.79 Å². The molecule has 0 aromatic heterocycles. The predicted octanol–water partition coefficient (Wildman–Crippen LogP) is 1.51. The van der Waals surface area contributed by atoms with E-state index in [2.05, 4.69) is 17.6 Å². The second kappa shape index (κ2) is 7.25. The van der Waals surface area contributed by atoms with Crippen molar-refractivity contribution in [3.8, 4) is 0 Å². The first-order valence-corrected chi connectivity index (χ1v) is 7.90. The summed E-state index contributed by atoms with van der Waals surface area (Å²) in [6.07, 6.45) is 7.47. The van der Waals surface area contributed by atoms with Crippen molar-refractivity contribution in [3.63, 3.8) is 0 Å². The Kier molecular flexibility index (Phi) is 5.64. The van der Waals surface area contributed by atoms with Gasteiger partial charge in [-0.2, -0.15) is 0 Å². The molecule has 4 nitrogen and oxygen atoms in total. The van der Waals surface area contributed by atoms with Gasteiger partial charge in [-0.1, -0.05) is 6.42 Å². The molecule has 2 saturated heterocycles. The number of nitrogens with one attached hydrogen (secondary N) is 2. The van der Waals surface area contributed by atoms with Gasteiger partial charge in [0.2, 0.25) is 5.91 Å². The Labute approximate surface area is 117 Å². The van der Waals surface area contributed by atoms with Gasteiger partial charge in [0.1, 0.15) is 0 Å². The maximum absolute atomic E-state index is 11.3. The zero-order chi connectivity index (χ0) is 13.7. The molecule has 0 aliphatic carbocycles. The molecule has 0 aromatic carbocycles. The van der Waals surface area contributed by atoms with Crippen LogP contribution in [0, 0.1) is 0 Å². The second-order valence-corrected chi connectivity index (χ2v) is 6.23. The van der Waals surface area contributed by atoms with Crippen LogP contribution in [0.15, 0.2) is 0 Å². The van der Waals surface area contributed by atoms with Crippen molar-refractivity contribution in [2.75, 3.05) is 19.6 Å². The van der Waals surface area contributed by atoms with E-state index in [0.29, 0.717) is 18.1 Å². The molecule has 4 heteroatoms. The van der Waals surface area contributed by atoms with Crippen LogP contribution in [0.2, 0.25) is 0 Å². The number of hydrogen-bond donors (Lipinski definition) is 2. The van der Waals surface area contributed by atoms with Gasteiger partial charge >= 0.3 is 0 Å². The normalized spacial score (nSPS) is 27.3. The number of rotatable bonds is 4. The van der Waals surface area contributed by atoms with Crippen molar-refractivity contribution in [2.45, 2.75) is 70.5 Å². The fourth-order valence-corrected chi connectivity index (χ4v) is 3.38. The lowest BCUT2D eigenvalue weighted by Gasteiger charge is -2.34. The Morgan fingerprint density at radius 1 is 1.32 bits per heavy atom. The van der Waals surface area contributed by atoms with Gasteiger partial charge in [0, 0.05) is 38.1 Å². The summed E-state index contributed by atoms with van der Waals surface area (Å²) in [5.41, 5.74) is 0. The summed E-state index contributed by atoms with van der Waals surface area (Å²) in [7, 11) is 0. The van der Waals surface area contributed by atoms with Crippen molar-refractivity contribution in [2.24, 2.45) is 0 Å². The van der Waals surface area contributed by atoms with Crippen LogP contribution < -0.4 is 10.6 Å². The maximum atomic E-state index is 11.3. The molecule has 19 heavy (non-hydrogen) atoms. The third-order valence-corrected chi connectivity index (χ3v) is 4.51. The number of likely N-dealkylation sites (tertiary alicyclic amines) is 1. The van der Waals surface area contributed by atoms with E-state index in [1.807, 2.05) is 4.90 Å². The Morgan fingerprint density at radius 2 is 2.05 bits per heavy atom. The summed E-state index contributed by atoms with van der Waals surface area (Å²) in [4.78, 5) is 13.3. The Hall–Kier alpha value is -0.610. The molecule has 2 N–H and O–H groups in total. The van der Waals surface area contributed by atoms with Crippen LogP contribution in [-0.2, 0) is 4.79 Å². The highest BCUT2D eigenvalue weighted by Crippen LogP contribution is 2.15. The van der Waals surface area contributed by atoms with Crippen LogP contribution in [0.1, 0.15) is 52.4 Å². The molecule has 1 amide bonds. The van der Waals surface area contributed by atoms with Gasteiger partial charge in [0.05, 0.1) is 0 Å². The van der Waals surface area contributed by atoms with Gasteiger partial charge in [-0.3, -0.25) is 4.79 Å². The largest absolute Gasteiger partial charge is 0.343 e. The fraction of sp³-hybridized carbons (Fsp3) is 0.933. The third kappa shape index (κ3) is 4.77. The topological polar surface area (TPSA) is 44.4 Å². The molecule has 2 heterocycles. The molecule has 0 saturated carbocycles. The van der Waals surface area contributed by atoms with Crippen LogP contribution in [0.25, 0.3) is 0 Å². The van der Waals surface area contributed by atoms with Gasteiger partial charge < -0.3 is 15.5 Å². The lowest BCUT2D eigenvalue weighted by atomic mass is 9.97. The first kappa shape index (κ1) is 14.8. The van der Waals surface area contributed by atoms with Crippen LogP contribution >= 0.6 is 0 Å². The SMILES string of the molecule is CC(=O)N1CCC(NC(C)CC2CCCCN2)CC1. The molecule has 0 radical (unpaired) electrons. The number of hydrogen-bond acceptors (Lipinski definition) is 3. The highest BCUT2D eigenvalue weighted by Gasteiger charge is 2.23. The Morgan fingerprint density at radius 3 is 2.63 bits per heavy atom. The summed E-state index contributed by atoms with van der Waals surface area (Å²) in [6.45, 7) is 7.00. The molecule has 0 bridgehead atoms. The number of carbonyl (C=O) groups is 1. The smallest absolute Gasteiger partial charge is 0.219 e. The fourth-order valence-electron chi connectivity index (χ4n) is 3.38. The molecule has 110 valence electrons. The quantitative estimate of drug-likeness (QED) is 0.811. The number of carbonyl (C=O) groups excluding carboxylic acids is 1. The van der Waals surface area contributed by atoms with E-state index in [0.717, 1.165) is 25.9 Å². The minimum absolute atomic E-state index is 0.220. The highest BCUT2D eigenvalue weighted by molar-refractivity contribution is 5.73. The summed E-state index contributed by atoms with van der Waals surface area (Å²) in [5.74, 6) is 0.220. The highest BCUT2D eigenvalue weighted by atomic mass is 16.2. The standard InChI is InChI=1S/C15H29N3O/c1-12(11-15-5-3-4-8-16-15)17-14-6-9-18(10-7-14)13(2)19/h12,14-17H,3-11H2,1-2H3. The molecule has 0 aromatic rings. The minimum Gasteiger partial charge on any atom is -0.343 e. The molecule has 2 atom stereocenters. The van der Waals surface area contributed by atoms with Gasteiger partial charge in [0.25, 0.3) is 0 Å². The summed E-state index contributed by atoms with van der Waals surface area (Å²) >= 11 is 0. The number of nitrogens with zero attached hydrogens (tertiary/aromatic N) is 1. The summed E-state index contributed by atoms with van der Waals surface area (Å²) < 4.78 is 0. The molecule has 2 rings (SSSR count). The number of amides is 1. The van der Waals surface area contributed by atoms with Gasteiger partial charge in [0.15, 0.2) is 0 Å². The van der Waals surface area contributed by atoms with Crippen molar-refractivity contribution in [1.29, 1.82) is 0 Å². The first-order chi connectivity index (χ1) is 9.15. The van der Waals surface area contributed by atoms with Crippen LogP contribution in [0.5, 0.6) is 0 Å². The molecule has 2 aliphatic rings. The van der Waals surface area contributed by atoms with Gasteiger partial charge in [-0.25, -0.2) is 0 Å². The molecular formula is C15H29N3O. The zero-order valence-corrected chi connectivity index (χ0v) is 12.5. The van der Waals surface area contributed by atoms with E-state index in [4.69, 9.17) is 0 Å². The monoisotopic (exact) mass is 267 g/mol. The van der Waals surface area contributed by atoms with E-state index in [1.165, 1.54) is 32.2 Å². The van der Waals surface area contributed by atoms with Crippen molar-refractivity contribution >= 4 is 5.91 Å². The Bertz CT molecular complexity index is 281. The lowest BCUT2D eigenvalue weighted by Crippen LogP contribution is -2.48. The van der Waals surface area contributed by atoms with Gasteiger partial charge in [-0.15, -0.1) is 0 Å². The summed E-state index contributed by atoms with van der Waals surface area (Å²) in [6, 6.07) is 1.87. The third-order valence-electron chi connectivity index (χ3n) is 4.51. The average molecular weight is 267 g/mol. The van der Waals surface area contributed by atoms with Crippen molar-refractivity contribution in [1.82, 2.24) is 15.5 Å². The van der Waals surface area contributed by atoms with Crippen LogP contribution in [0.3, 0.4) is 0 Å². The molecule has 2 aliphatic heterocycles. The maximum Gasteiger partial charge on any atom is 0.219 e. The van der Waals surface area contributed by atoms with E-state index in [-0.39, 0.29) is 5.91 Å². The Balaban J connectivity index is 1.65. The van der Waals surface area contributed by atoms with Crippen LogP contribution in [-0.4, -0.2) is 48.6 Å². The minimum atomic E-state index is 0.220. The van der Waals surface area contributed by atoms with Gasteiger partial charge in [-0.05, 0) is 45.6 Å². The first-order valence-electron chi connectivity index (χ1n) is 7.90. The van der Waals surface area contributed by atoms with E-state index in [1.54, 1.807) is 6.92 Å². The van der Waals surface area contributed by atoms with Crippen LogP contribution in [0.4, 0.5) is 0 Å². The number of piperidine rings is 2. The lowest BCUT2D eigenvalue weighted by molar-refractivity contribution is -0.129. The average Bonchev–Trinajstić information content (AvgIpc) is 2.40. The van der Waals surface area contributed by atoms with E-state index < -0.39 is 0 Å². The zero-order valence-electron chi connectivity index (χ0n) is 12.5. The predicted molar refractivity (Wildman–Crippen MR) is 78.1 cm³/mol. The van der Waals surface area contributed by atoms with E-state index >= 15 is 0 Å². The second-order valence-electron chi connectivity index (χ2n) is 6.23. The summed E-state index contributed by atoms with van der Waals surface area (Å²) in [5, 5.41) is 7.36. The molecule has 0 spiro atoms. The molecule has 2 unspecified atom stereocenters. The molecule has 2 fully saturated rings.